The molecule has 2 aliphatic rings. The van der Waals surface area contributed by atoms with E-state index in [9.17, 15) is 22.4 Å². The molecular weight excluding hydrogens is 591 g/mol. The molecule has 1 saturated heterocycles. The van der Waals surface area contributed by atoms with Crippen LogP contribution in [-0.4, -0.2) is 79.9 Å². The molecule has 1 spiro atoms. The SMILES string of the molecule is Cc1ccnc(NS(=O)(=O)c2ccn(S(=O)N(C)C(C)C)c2)c1C(=N)N1CCN(c2ncc(Cl)cc2F)CC12CC2. The number of amidine groups is 1. The van der Waals surface area contributed by atoms with E-state index in [4.69, 9.17) is 11.6 Å². The Morgan fingerprint density at radius 2 is 2.00 bits per heavy atom. The zero-order valence-electron chi connectivity index (χ0n) is 23.1. The summed E-state index contributed by atoms with van der Waals surface area (Å²) in [5.41, 5.74) is 0.656. The third kappa shape index (κ3) is 5.70. The number of pyridine rings is 2. The van der Waals surface area contributed by atoms with E-state index in [1.807, 2.05) is 23.6 Å². The van der Waals surface area contributed by atoms with Gasteiger partial charge in [-0.1, -0.05) is 11.6 Å². The van der Waals surface area contributed by atoms with Crippen molar-refractivity contribution in [3.05, 3.63) is 65.0 Å². The van der Waals surface area contributed by atoms with E-state index in [-0.39, 0.29) is 33.4 Å². The van der Waals surface area contributed by atoms with Crippen molar-refractivity contribution in [3.8, 4) is 0 Å². The lowest BCUT2D eigenvalue weighted by atomic mass is 10.0. The van der Waals surface area contributed by atoms with Crippen LogP contribution >= 0.6 is 11.6 Å². The molecule has 220 valence electrons. The van der Waals surface area contributed by atoms with Gasteiger partial charge in [0, 0.05) is 57.5 Å². The van der Waals surface area contributed by atoms with E-state index < -0.39 is 32.6 Å². The number of hydrogen-bond donors (Lipinski definition) is 2. The van der Waals surface area contributed by atoms with Crippen LogP contribution in [0.15, 0.2) is 47.9 Å². The number of aryl methyl sites for hydroxylation is 1. The van der Waals surface area contributed by atoms with Crippen LogP contribution in [0.2, 0.25) is 5.02 Å². The van der Waals surface area contributed by atoms with Crippen LogP contribution in [0.4, 0.5) is 16.0 Å². The molecule has 0 radical (unpaired) electrons. The normalized spacial score (nSPS) is 17.4. The van der Waals surface area contributed by atoms with Gasteiger partial charge in [0.15, 0.2) is 17.5 Å². The van der Waals surface area contributed by atoms with E-state index in [1.165, 1.54) is 40.9 Å². The zero-order chi connectivity index (χ0) is 29.7. The third-order valence-electron chi connectivity index (χ3n) is 7.57. The molecule has 1 atom stereocenters. The summed E-state index contributed by atoms with van der Waals surface area (Å²) in [4.78, 5) is 12.2. The molecule has 4 heterocycles. The van der Waals surface area contributed by atoms with Gasteiger partial charge >= 0.3 is 0 Å². The number of hydrogen-bond acceptors (Lipinski definition) is 7. The molecule has 1 unspecified atom stereocenters. The number of halogens is 2. The van der Waals surface area contributed by atoms with E-state index in [0.29, 0.717) is 30.8 Å². The van der Waals surface area contributed by atoms with Gasteiger partial charge in [0.2, 0.25) is 11.2 Å². The van der Waals surface area contributed by atoms with Gasteiger partial charge in [-0.25, -0.2) is 31.3 Å². The lowest BCUT2D eigenvalue weighted by molar-refractivity contribution is 0.257. The highest BCUT2D eigenvalue weighted by atomic mass is 35.5. The maximum Gasteiger partial charge on any atom is 0.264 e. The molecule has 2 N–H and O–H groups in total. The summed E-state index contributed by atoms with van der Waals surface area (Å²) in [5.74, 6) is -0.0884. The number of rotatable bonds is 8. The van der Waals surface area contributed by atoms with Crippen molar-refractivity contribution in [3.63, 3.8) is 0 Å². The average Bonchev–Trinajstić information content (AvgIpc) is 3.46. The fraction of sp³-hybridized carbons (Fsp3) is 0.423. The molecule has 0 amide bonds. The first-order valence-corrected chi connectivity index (χ1v) is 16.0. The molecule has 11 nitrogen and oxygen atoms in total. The first kappa shape index (κ1) is 29.4. The highest BCUT2D eigenvalue weighted by Gasteiger charge is 2.53. The monoisotopic (exact) mass is 622 g/mol. The molecule has 1 aliphatic carbocycles. The van der Waals surface area contributed by atoms with E-state index in [2.05, 4.69) is 14.7 Å². The van der Waals surface area contributed by atoms with Gasteiger partial charge in [-0.3, -0.25) is 14.1 Å². The van der Waals surface area contributed by atoms with Gasteiger partial charge in [-0.05, 0) is 57.4 Å². The summed E-state index contributed by atoms with van der Waals surface area (Å²) in [6, 6.07) is 4.33. The minimum Gasteiger partial charge on any atom is -0.350 e. The maximum absolute atomic E-state index is 14.6. The highest BCUT2D eigenvalue weighted by Crippen LogP contribution is 2.46. The average molecular weight is 623 g/mol. The van der Waals surface area contributed by atoms with Crippen LogP contribution in [0.1, 0.15) is 37.8 Å². The van der Waals surface area contributed by atoms with Crippen LogP contribution in [-0.2, 0) is 21.2 Å². The van der Waals surface area contributed by atoms with Gasteiger partial charge in [-0.2, -0.15) is 0 Å². The van der Waals surface area contributed by atoms with Crippen molar-refractivity contribution in [2.24, 2.45) is 0 Å². The summed E-state index contributed by atoms with van der Waals surface area (Å²) in [7, 11) is -2.42. The molecule has 3 aromatic heterocycles. The summed E-state index contributed by atoms with van der Waals surface area (Å²) < 4.78 is 59.6. The van der Waals surface area contributed by atoms with Crippen molar-refractivity contribution in [2.75, 3.05) is 36.3 Å². The van der Waals surface area contributed by atoms with Gasteiger partial charge in [0.1, 0.15) is 10.7 Å². The smallest absolute Gasteiger partial charge is 0.264 e. The quantitative estimate of drug-likeness (QED) is 0.290. The molecular formula is C26H32ClFN8O3S2. The number of anilines is 2. The van der Waals surface area contributed by atoms with Crippen molar-refractivity contribution in [2.45, 2.75) is 50.1 Å². The summed E-state index contributed by atoms with van der Waals surface area (Å²) >= 11 is 4.29. The van der Waals surface area contributed by atoms with E-state index >= 15 is 0 Å². The predicted molar refractivity (Wildman–Crippen MR) is 158 cm³/mol. The number of sulfonamides is 1. The Morgan fingerprint density at radius 1 is 1.27 bits per heavy atom. The second-order valence-electron chi connectivity index (χ2n) is 10.6. The Balaban J connectivity index is 1.39. The number of piperazine rings is 1. The molecule has 1 aliphatic heterocycles. The van der Waals surface area contributed by atoms with Gasteiger partial charge in [-0.15, -0.1) is 0 Å². The second kappa shape index (κ2) is 11.0. The largest absolute Gasteiger partial charge is 0.350 e. The zero-order valence-corrected chi connectivity index (χ0v) is 25.5. The Bertz CT molecular complexity index is 1630. The Hall–Kier alpha value is -3.07. The third-order valence-corrected chi connectivity index (χ3v) is 10.6. The minimum absolute atomic E-state index is 0.0143. The van der Waals surface area contributed by atoms with Crippen LogP contribution in [0.5, 0.6) is 0 Å². The summed E-state index contributed by atoms with van der Waals surface area (Å²) in [6.07, 6.45) is 7.26. The molecule has 1 saturated carbocycles. The van der Waals surface area contributed by atoms with Crippen LogP contribution < -0.4 is 9.62 Å². The Morgan fingerprint density at radius 3 is 2.66 bits per heavy atom. The molecule has 41 heavy (non-hydrogen) atoms. The number of nitrogens with one attached hydrogen (secondary N) is 2. The van der Waals surface area contributed by atoms with Crippen LogP contribution in [0, 0.1) is 18.2 Å². The molecule has 3 aromatic rings. The summed E-state index contributed by atoms with van der Waals surface area (Å²) in [6.45, 7) is 6.88. The summed E-state index contributed by atoms with van der Waals surface area (Å²) in [5, 5.41) is 9.40. The van der Waals surface area contributed by atoms with Crippen molar-refractivity contribution >= 4 is 50.3 Å². The predicted octanol–water partition coefficient (Wildman–Crippen LogP) is 3.63. The van der Waals surface area contributed by atoms with Gasteiger partial charge in [0.05, 0.1) is 16.1 Å². The molecule has 0 aromatic carbocycles. The Kier molecular flexibility index (Phi) is 7.87. The van der Waals surface area contributed by atoms with Gasteiger partial charge in [0.25, 0.3) is 10.0 Å². The molecule has 0 bridgehead atoms. The lowest BCUT2D eigenvalue weighted by Crippen LogP contribution is -2.57. The molecule has 2 fully saturated rings. The van der Waals surface area contributed by atoms with Crippen molar-refractivity contribution in [1.82, 2.24) is 23.1 Å². The number of aromatic nitrogens is 3. The lowest BCUT2D eigenvalue weighted by Gasteiger charge is -2.44. The molecule has 15 heteroatoms. The van der Waals surface area contributed by atoms with Gasteiger partial charge < -0.3 is 9.80 Å². The van der Waals surface area contributed by atoms with E-state index in [0.717, 1.165) is 12.8 Å². The first-order chi connectivity index (χ1) is 19.3. The fourth-order valence-electron chi connectivity index (χ4n) is 4.92. The topological polar surface area (TPSA) is 128 Å². The fourth-order valence-corrected chi connectivity index (χ4v) is 7.18. The number of nitrogens with zero attached hydrogens (tertiary/aromatic N) is 6. The highest BCUT2D eigenvalue weighted by molar-refractivity contribution is 7.92. The maximum atomic E-state index is 14.6. The van der Waals surface area contributed by atoms with E-state index in [1.54, 1.807) is 24.3 Å². The first-order valence-electron chi connectivity index (χ1n) is 13.1. The Labute approximate surface area is 246 Å². The molecule has 5 rings (SSSR count). The standard InChI is InChI=1S/C26H32ClFN8O3S2/c1-17(2)33(4)40(37)35-10-6-20(15-35)41(38,39)32-24-22(18(3)5-9-30-24)23(29)36-12-11-34(16-26(36)7-8-26)25-21(28)13-19(27)14-31-25/h5-6,9-10,13-15,17,29H,7-8,11-12,16H2,1-4H3,(H,30,32). The minimum atomic E-state index is -4.11. The van der Waals surface area contributed by atoms with Crippen LogP contribution in [0.25, 0.3) is 0 Å². The second-order valence-corrected chi connectivity index (χ2v) is 14.2. The van der Waals surface area contributed by atoms with Crippen LogP contribution in [0.3, 0.4) is 0 Å². The van der Waals surface area contributed by atoms with Crippen molar-refractivity contribution in [1.29, 1.82) is 5.41 Å². The van der Waals surface area contributed by atoms with Crippen molar-refractivity contribution < 1.29 is 17.0 Å².